The molecular weight excluding hydrogens is 252 g/mol. The van der Waals surface area contributed by atoms with Gasteiger partial charge in [0, 0.05) is 27.7 Å². The standard InChI is InChI=1S/C6H10N2O2.C5H8N2O2/c1-3-8-4-5(9)7(2)6(8)10;1-6-3-4(8)7(2)5(6)9/h3-4H2,1-2H3;3H2,1-2H3. The fourth-order valence-electron chi connectivity index (χ4n) is 1.64. The Bertz CT molecular complexity index is 423. The lowest BCUT2D eigenvalue weighted by Crippen LogP contribution is -2.29. The SMILES string of the molecule is CCN1CC(=O)N(C)C1=O.CN1CC(=O)N(C)C1=O. The molecule has 0 bridgehead atoms. The highest BCUT2D eigenvalue weighted by Crippen LogP contribution is 2.05. The molecule has 2 fully saturated rings. The van der Waals surface area contributed by atoms with Gasteiger partial charge in [-0.3, -0.25) is 19.4 Å². The van der Waals surface area contributed by atoms with E-state index in [1.807, 2.05) is 6.92 Å². The first-order valence-electron chi connectivity index (χ1n) is 5.86. The van der Waals surface area contributed by atoms with Crippen molar-refractivity contribution in [3.8, 4) is 0 Å². The van der Waals surface area contributed by atoms with Gasteiger partial charge in [-0.25, -0.2) is 9.59 Å². The lowest BCUT2D eigenvalue weighted by molar-refractivity contribution is -0.125. The first-order chi connectivity index (χ1) is 8.79. The maximum atomic E-state index is 11.0. The van der Waals surface area contributed by atoms with Gasteiger partial charge < -0.3 is 9.80 Å². The molecule has 0 aromatic heterocycles. The van der Waals surface area contributed by atoms with Crippen LogP contribution in [0.2, 0.25) is 0 Å². The number of imide groups is 2. The molecule has 2 rings (SSSR count). The number of carbonyl (C=O) groups is 4. The predicted molar refractivity (Wildman–Crippen MR) is 66.2 cm³/mol. The molecule has 0 aromatic carbocycles. The molecule has 2 heterocycles. The topological polar surface area (TPSA) is 81.2 Å². The Balaban J connectivity index is 0.000000191. The summed E-state index contributed by atoms with van der Waals surface area (Å²) in [5.74, 6) is -0.255. The highest BCUT2D eigenvalue weighted by Gasteiger charge is 2.31. The van der Waals surface area contributed by atoms with Crippen LogP contribution in [0.15, 0.2) is 0 Å². The van der Waals surface area contributed by atoms with Gasteiger partial charge in [0.1, 0.15) is 13.1 Å². The zero-order valence-electron chi connectivity index (χ0n) is 11.5. The maximum absolute atomic E-state index is 11.0. The van der Waals surface area contributed by atoms with Gasteiger partial charge in [-0.05, 0) is 6.92 Å². The maximum Gasteiger partial charge on any atom is 0.326 e. The number of rotatable bonds is 1. The number of nitrogens with zero attached hydrogens (tertiary/aromatic N) is 4. The van der Waals surface area contributed by atoms with E-state index < -0.39 is 0 Å². The van der Waals surface area contributed by atoms with Crippen LogP contribution in [-0.4, -0.2) is 84.3 Å². The molecule has 0 radical (unpaired) electrons. The molecule has 2 saturated heterocycles. The Morgan fingerprint density at radius 2 is 1.32 bits per heavy atom. The Labute approximate surface area is 111 Å². The zero-order valence-corrected chi connectivity index (χ0v) is 11.5. The molecule has 0 N–H and O–H groups in total. The molecule has 2 aliphatic rings. The normalized spacial score (nSPS) is 19.4. The number of urea groups is 2. The molecule has 8 nitrogen and oxygen atoms in total. The van der Waals surface area contributed by atoms with E-state index >= 15 is 0 Å². The van der Waals surface area contributed by atoms with E-state index in [1.165, 1.54) is 23.9 Å². The van der Waals surface area contributed by atoms with Crippen molar-refractivity contribution in [2.45, 2.75) is 6.92 Å². The summed E-state index contributed by atoms with van der Waals surface area (Å²) in [5, 5.41) is 0. The third kappa shape index (κ3) is 3.01. The van der Waals surface area contributed by atoms with Crippen molar-refractivity contribution in [1.29, 1.82) is 0 Å². The summed E-state index contributed by atoms with van der Waals surface area (Å²) in [6, 6.07) is -0.410. The largest absolute Gasteiger partial charge is 0.326 e. The van der Waals surface area contributed by atoms with Crippen LogP contribution in [0.4, 0.5) is 9.59 Å². The van der Waals surface area contributed by atoms with E-state index in [-0.39, 0.29) is 37.0 Å². The number of hydrogen-bond acceptors (Lipinski definition) is 4. The minimum Gasteiger partial charge on any atom is -0.318 e. The summed E-state index contributed by atoms with van der Waals surface area (Å²) < 4.78 is 0. The average molecular weight is 270 g/mol. The van der Waals surface area contributed by atoms with E-state index in [0.717, 1.165) is 9.80 Å². The van der Waals surface area contributed by atoms with Crippen molar-refractivity contribution in [1.82, 2.24) is 19.6 Å². The monoisotopic (exact) mass is 270 g/mol. The van der Waals surface area contributed by atoms with E-state index in [0.29, 0.717) is 6.54 Å². The first kappa shape index (κ1) is 14.9. The molecular formula is C11H18N4O4. The molecule has 6 amide bonds. The van der Waals surface area contributed by atoms with Crippen LogP contribution in [-0.2, 0) is 9.59 Å². The van der Waals surface area contributed by atoms with Gasteiger partial charge >= 0.3 is 12.1 Å². The van der Waals surface area contributed by atoms with Crippen molar-refractivity contribution in [2.75, 3.05) is 40.8 Å². The third-order valence-electron chi connectivity index (χ3n) is 3.00. The van der Waals surface area contributed by atoms with Crippen LogP contribution in [0.25, 0.3) is 0 Å². The molecule has 0 spiro atoms. The summed E-state index contributed by atoms with van der Waals surface area (Å²) in [6.07, 6.45) is 0. The number of likely N-dealkylation sites (N-methyl/N-ethyl adjacent to an activating group) is 4. The molecule has 0 aliphatic carbocycles. The molecule has 0 saturated carbocycles. The summed E-state index contributed by atoms with van der Waals surface area (Å²) in [7, 11) is 4.58. The van der Waals surface area contributed by atoms with Gasteiger partial charge in [0.05, 0.1) is 0 Å². The first-order valence-corrected chi connectivity index (χ1v) is 5.86. The Kier molecular flexibility index (Phi) is 4.47. The molecule has 0 aromatic rings. The van der Waals surface area contributed by atoms with Crippen molar-refractivity contribution < 1.29 is 19.2 Å². The fourth-order valence-corrected chi connectivity index (χ4v) is 1.64. The second kappa shape index (κ2) is 5.68. The van der Waals surface area contributed by atoms with Crippen LogP contribution >= 0.6 is 0 Å². The molecule has 106 valence electrons. The van der Waals surface area contributed by atoms with Crippen molar-refractivity contribution in [3.05, 3.63) is 0 Å². The van der Waals surface area contributed by atoms with Crippen LogP contribution in [0.1, 0.15) is 6.92 Å². The fraction of sp³-hybridized carbons (Fsp3) is 0.636. The van der Waals surface area contributed by atoms with Gasteiger partial charge in [0.2, 0.25) is 11.8 Å². The molecule has 8 heteroatoms. The lowest BCUT2D eigenvalue weighted by Gasteiger charge is -2.10. The predicted octanol–water partition coefficient (Wildman–Crippen LogP) is -0.589. The lowest BCUT2D eigenvalue weighted by atomic mass is 10.5. The average Bonchev–Trinajstić information content (AvgIpc) is 2.75. The highest BCUT2D eigenvalue weighted by molar-refractivity contribution is 6.02. The van der Waals surface area contributed by atoms with Crippen LogP contribution in [0, 0.1) is 0 Å². The Hall–Kier alpha value is -2.12. The molecule has 0 unspecified atom stereocenters. The van der Waals surface area contributed by atoms with E-state index in [1.54, 1.807) is 7.05 Å². The summed E-state index contributed by atoms with van der Waals surface area (Å²) in [4.78, 5) is 48.3. The smallest absolute Gasteiger partial charge is 0.318 e. The highest BCUT2D eigenvalue weighted by atomic mass is 16.2. The second-order valence-corrected chi connectivity index (χ2v) is 4.34. The van der Waals surface area contributed by atoms with Gasteiger partial charge in [-0.1, -0.05) is 0 Å². The summed E-state index contributed by atoms with van der Waals surface area (Å²) in [6.45, 7) is 2.92. The summed E-state index contributed by atoms with van der Waals surface area (Å²) in [5.41, 5.74) is 0. The molecule has 0 atom stereocenters. The Morgan fingerprint density at radius 3 is 1.47 bits per heavy atom. The van der Waals surface area contributed by atoms with E-state index in [9.17, 15) is 19.2 Å². The number of hydrogen-bond donors (Lipinski definition) is 0. The van der Waals surface area contributed by atoms with Gasteiger partial charge in [0.15, 0.2) is 0 Å². The Morgan fingerprint density at radius 1 is 0.842 bits per heavy atom. The molecule has 2 aliphatic heterocycles. The van der Waals surface area contributed by atoms with Crippen molar-refractivity contribution in [3.63, 3.8) is 0 Å². The van der Waals surface area contributed by atoms with Gasteiger partial charge in [0.25, 0.3) is 0 Å². The minimum absolute atomic E-state index is 0.119. The second-order valence-electron chi connectivity index (χ2n) is 4.34. The van der Waals surface area contributed by atoms with E-state index in [4.69, 9.17) is 0 Å². The van der Waals surface area contributed by atoms with Crippen LogP contribution < -0.4 is 0 Å². The number of amides is 6. The van der Waals surface area contributed by atoms with Gasteiger partial charge in [-0.15, -0.1) is 0 Å². The quantitative estimate of drug-likeness (QED) is 0.596. The van der Waals surface area contributed by atoms with Gasteiger partial charge in [-0.2, -0.15) is 0 Å². The third-order valence-corrected chi connectivity index (χ3v) is 3.00. The van der Waals surface area contributed by atoms with E-state index in [2.05, 4.69) is 0 Å². The summed E-state index contributed by atoms with van der Waals surface area (Å²) >= 11 is 0. The van der Waals surface area contributed by atoms with Crippen molar-refractivity contribution in [2.24, 2.45) is 0 Å². The van der Waals surface area contributed by atoms with Crippen LogP contribution in [0.3, 0.4) is 0 Å². The number of carbonyl (C=O) groups excluding carboxylic acids is 4. The molecule has 19 heavy (non-hydrogen) atoms. The van der Waals surface area contributed by atoms with Crippen molar-refractivity contribution >= 4 is 23.9 Å². The minimum atomic E-state index is -0.222. The van der Waals surface area contributed by atoms with Crippen LogP contribution in [0.5, 0.6) is 0 Å². The zero-order chi connectivity index (χ0) is 14.7.